The van der Waals surface area contributed by atoms with Crippen molar-refractivity contribution in [2.75, 3.05) is 38.3 Å². The predicted octanol–water partition coefficient (Wildman–Crippen LogP) is 0.708. The van der Waals surface area contributed by atoms with E-state index in [1.165, 1.54) is 18.4 Å². The SMILES string of the molecule is COc1nc(CNC(=O)c2ccsc2)nc(N2CCOCC2)n1. The maximum Gasteiger partial charge on any atom is 0.321 e. The molecular formula is C14H17N5O3S. The Hall–Kier alpha value is -2.26. The molecule has 1 aliphatic rings. The maximum atomic E-state index is 12.0. The largest absolute Gasteiger partial charge is 0.467 e. The van der Waals surface area contributed by atoms with Crippen molar-refractivity contribution in [1.29, 1.82) is 0 Å². The highest BCUT2D eigenvalue weighted by Gasteiger charge is 2.17. The first-order chi connectivity index (χ1) is 11.3. The summed E-state index contributed by atoms with van der Waals surface area (Å²) in [5.41, 5.74) is 0.629. The standard InChI is InChI=1S/C14H17N5O3S/c1-21-14-17-11(8-15-12(20)10-2-7-23-9-10)16-13(18-14)19-3-5-22-6-4-19/h2,7,9H,3-6,8H2,1H3,(H,15,20). The fourth-order valence-corrected chi connectivity index (χ4v) is 2.75. The number of amides is 1. The van der Waals surface area contributed by atoms with Gasteiger partial charge in [-0.3, -0.25) is 4.79 Å². The van der Waals surface area contributed by atoms with Crippen LogP contribution in [-0.2, 0) is 11.3 Å². The lowest BCUT2D eigenvalue weighted by Gasteiger charge is -2.26. The third kappa shape index (κ3) is 3.93. The number of nitrogens with zero attached hydrogens (tertiary/aromatic N) is 4. The molecule has 0 spiro atoms. The minimum Gasteiger partial charge on any atom is -0.467 e. The highest BCUT2D eigenvalue weighted by atomic mass is 32.1. The second kappa shape index (κ2) is 7.34. The first-order valence-electron chi connectivity index (χ1n) is 7.18. The van der Waals surface area contributed by atoms with E-state index in [1.807, 2.05) is 10.3 Å². The lowest BCUT2D eigenvalue weighted by Crippen LogP contribution is -2.37. The number of methoxy groups -OCH3 is 1. The van der Waals surface area contributed by atoms with Gasteiger partial charge in [0.15, 0.2) is 5.82 Å². The molecule has 0 radical (unpaired) electrons. The molecule has 2 aromatic rings. The first-order valence-corrected chi connectivity index (χ1v) is 8.12. The fourth-order valence-electron chi connectivity index (χ4n) is 2.12. The molecule has 1 N–H and O–H groups in total. The summed E-state index contributed by atoms with van der Waals surface area (Å²) in [4.78, 5) is 26.9. The van der Waals surface area contributed by atoms with E-state index in [1.54, 1.807) is 11.4 Å². The molecule has 0 aromatic carbocycles. The molecule has 0 bridgehead atoms. The molecule has 1 amide bonds. The van der Waals surface area contributed by atoms with Crippen LogP contribution in [0, 0.1) is 0 Å². The Morgan fingerprint density at radius 2 is 2.22 bits per heavy atom. The van der Waals surface area contributed by atoms with Gasteiger partial charge in [0.05, 0.1) is 26.9 Å². The van der Waals surface area contributed by atoms with Gasteiger partial charge in [0.25, 0.3) is 5.91 Å². The van der Waals surface area contributed by atoms with E-state index >= 15 is 0 Å². The van der Waals surface area contributed by atoms with E-state index < -0.39 is 0 Å². The highest BCUT2D eigenvalue weighted by molar-refractivity contribution is 7.08. The maximum absolute atomic E-state index is 12.0. The lowest BCUT2D eigenvalue weighted by atomic mass is 10.3. The van der Waals surface area contributed by atoms with Crippen molar-refractivity contribution < 1.29 is 14.3 Å². The van der Waals surface area contributed by atoms with Gasteiger partial charge in [0, 0.05) is 24.0 Å². The number of hydrogen-bond acceptors (Lipinski definition) is 8. The zero-order valence-electron chi connectivity index (χ0n) is 12.7. The van der Waals surface area contributed by atoms with Gasteiger partial charge in [-0.25, -0.2) is 0 Å². The van der Waals surface area contributed by atoms with Gasteiger partial charge in [-0.1, -0.05) is 0 Å². The molecule has 1 aliphatic heterocycles. The van der Waals surface area contributed by atoms with Crippen LogP contribution in [0.25, 0.3) is 0 Å². The molecule has 0 unspecified atom stereocenters. The van der Waals surface area contributed by atoms with Crippen molar-refractivity contribution in [3.63, 3.8) is 0 Å². The zero-order valence-corrected chi connectivity index (χ0v) is 13.5. The van der Waals surface area contributed by atoms with E-state index in [0.717, 1.165) is 0 Å². The monoisotopic (exact) mass is 335 g/mol. The Kier molecular flexibility index (Phi) is 4.99. The lowest BCUT2D eigenvalue weighted by molar-refractivity contribution is 0.0950. The van der Waals surface area contributed by atoms with Gasteiger partial charge in [0.1, 0.15) is 0 Å². The Morgan fingerprint density at radius 1 is 1.39 bits per heavy atom. The van der Waals surface area contributed by atoms with Crippen LogP contribution in [0.1, 0.15) is 16.2 Å². The number of morpholine rings is 1. The summed E-state index contributed by atoms with van der Waals surface area (Å²) in [6, 6.07) is 2.01. The van der Waals surface area contributed by atoms with Crippen molar-refractivity contribution in [2.45, 2.75) is 6.54 Å². The number of nitrogens with one attached hydrogen (secondary N) is 1. The summed E-state index contributed by atoms with van der Waals surface area (Å²) in [5, 5.41) is 6.45. The molecule has 1 saturated heterocycles. The topological polar surface area (TPSA) is 89.5 Å². The van der Waals surface area contributed by atoms with Crippen molar-refractivity contribution in [1.82, 2.24) is 20.3 Å². The van der Waals surface area contributed by atoms with Gasteiger partial charge in [0.2, 0.25) is 5.95 Å². The molecule has 8 nitrogen and oxygen atoms in total. The van der Waals surface area contributed by atoms with E-state index in [2.05, 4.69) is 20.3 Å². The van der Waals surface area contributed by atoms with Crippen LogP contribution in [0.15, 0.2) is 16.8 Å². The highest BCUT2D eigenvalue weighted by Crippen LogP contribution is 2.14. The number of hydrogen-bond donors (Lipinski definition) is 1. The molecule has 0 aliphatic carbocycles. The molecule has 2 aromatic heterocycles. The summed E-state index contributed by atoms with van der Waals surface area (Å²) < 4.78 is 10.5. The van der Waals surface area contributed by atoms with Gasteiger partial charge < -0.3 is 19.7 Å². The molecule has 122 valence electrons. The second-order valence-corrected chi connectivity index (χ2v) is 5.61. The Morgan fingerprint density at radius 3 is 2.91 bits per heavy atom. The third-order valence-corrected chi connectivity index (χ3v) is 4.00. The summed E-state index contributed by atoms with van der Waals surface area (Å²) in [6.45, 7) is 2.92. The average Bonchev–Trinajstić information content (AvgIpc) is 3.15. The summed E-state index contributed by atoms with van der Waals surface area (Å²) in [7, 11) is 1.51. The fraction of sp³-hybridized carbons (Fsp3) is 0.429. The predicted molar refractivity (Wildman–Crippen MR) is 84.9 cm³/mol. The van der Waals surface area contributed by atoms with Crippen LogP contribution >= 0.6 is 11.3 Å². The molecule has 9 heteroatoms. The normalized spacial score (nSPS) is 14.6. The smallest absolute Gasteiger partial charge is 0.321 e. The van der Waals surface area contributed by atoms with Gasteiger partial charge in [-0.05, 0) is 11.4 Å². The third-order valence-electron chi connectivity index (χ3n) is 3.32. The number of carbonyl (C=O) groups is 1. The molecular weight excluding hydrogens is 318 g/mol. The van der Waals surface area contributed by atoms with E-state index in [4.69, 9.17) is 9.47 Å². The van der Waals surface area contributed by atoms with E-state index in [0.29, 0.717) is 43.6 Å². The summed E-state index contributed by atoms with van der Waals surface area (Å²) >= 11 is 1.48. The number of carbonyl (C=O) groups excluding carboxylic acids is 1. The number of aromatic nitrogens is 3. The number of rotatable bonds is 5. The minimum atomic E-state index is -0.154. The van der Waals surface area contributed by atoms with Crippen LogP contribution < -0.4 is 15.0 Å². The quantitative estimate of drug-likeness (QED) is 0.860. The van der Waals surface area contributed by atoms with Crippen molar-refractivity contribution in [2.24, 2.45) is 0 Å². The van der Waals surface area contributed by atoms with Crippen LogP contribution in [-0.4, -0.2) is 54.3 Å². The first kappa shape index (κ1) is 15.6. The van der Waals surface area contributed by atoms with Crippen LogP contribution in [0.4, 0.5) is 5.95 Å². The zero-order chi connectivity index (χ0) is 16.1. The van der Waals surface area contributed by atoms with E-state index in [-0.39, 0.29) is 18.5 Å². The van der Waals surface area contributed by atoms with Crippen LogP contribution in [0.5, 0.6) is 6.01 Å². The van der Waals surface area contributed by atoms with Crippen molar-refractivity contribution in [3.8, 4) is 6.01 Å². The average molecular weight is 335 g/mol. The Bertz CT molecular complexity index is 658. The van der Waals surface area contributed by atoms with Crippen molar-refractivity contribution in [3.05, 3.63) is 28.2 Å². The van der Waals surface area contributed by atoms with Gasteiger partial charge in [-0.2, -0.15) is 26.3 Å². The van der Waals surface area contributed by atoms with Crippen LogP contribution in [0.2, 0.25) is 0 Å². The van der Waals surface area contributed by atoms with Gasteiger partial charge in [-0.15, -0.1) is 0 Å². The molecule has 3 rings (SSSR count). The van der Waals surface area contributed by atoms with E-state index in [9.17, 15) is 4.79 Å². The number of ether oxygens (including phenoxy) is 2. The Labute approximate surface area is 137 Å². The Balaban J connectivity index is 1.71. The molecule has 1 fully saturated rings. The number of thiophene rings is 1. The minimum absolute atomic E-state index is 0.154. The molecule has 23 heavy (non-hydrogen) atoms. The number of anilines is 1. The van der Waals surface area contributed by atoms with Crippen molar-refractivity contribution >= 4 is 23.2 Å². The summed E-state index contributed by atoms with van der Waals surface area (Å²) in [6.07, 6.45) is 0. The van der Waals surface area contributed by atoms with Crippen LogP contribution in [0.3, 0.4) is 0 Å². The second-order valence-electron chi connectivity index (χ2n) is 4.83. The molecule has 0 saturated carbocycles. The molecule has 3 heterocycles. The molecule has 0 atom stereocenters. The summed E-state index contributed by atoms with van der Waals surface area (Å²) in [5.74, 6) is 0.848. The van der Waals surface area contributed by atoms with Gasteiger partial charge >= 0.3 is 6.01 Å².